The zero-order chi connectivity index (χ0) is 23.6. The topological polar surface area (TPSA) is 80.5 Å². The number of thiazole rings is 1. The number of sulfonamides is 1. The first-order valence-electron chi connectivity index (χ1n) is 10.1. The van der Waals surface area contributed by atoms with Gasteiger partial charge >= 0.3 is 0 Å². The van der Waals surface area contributed by atoms with E-state index in [9.17, 15) is 13.2 Å². The Morgan fingerprint density at radius 3 is 2.45 bits per heavy atom. The fourth-order valence-corrected chi connectivity index (χ4v) is 5.57. The molecule has 33 heavy (non-hydrogen) atoms. The lowest BCUT2D eigenvalue weighted by Gasteiger charge is -2.10. The van der Waals surface area contributed by atoms with Crippen LogP contribution in [0.1, 0.15) is 21.5 Å². The van der Waals surface area contributed by atoms with Crippen LogP contribution in [0.2, 0.25) is 0 Å². The molecule has 0 spiro atoms. The zero-order valence-corrected chi connectivity index (χ0v) is 19.7. The lowest BCUT2D eigenvalue weighted by atomic mass is 10.1. The summed E-state index contributed by atoms with van der Waals surface area (Å²) >= 11 is 1.37. The van der Waals surface area contributed by atoms with Crippen LogP contribution in [0.25, 0.3) is 10.2 Å². The second-order valence-corrected chi connectivity index (χ2v) is 10.2. The smallest absolute Gasteiger partial charge is 0.281 e. The predicted molar refractivity (Wildman–Crippen MR) is 132 cm³/mol. The van der Waals surface area contributed by atoms with E-state index in [1.807, 2.05) is 30.5 Å². The number of amides is 1. The highest BCUT2D eigenvalue weighted by Crippen LogP contribution is 2.23. The minimum absolute atomic E-state index is 0.103. The number of carbonyl (C=O) groups is 1. The summed E-state index contributed by atoms with van der Waals surface area (Å²) in [7, 11) is -3.86. The number of anilines is 1. The molecule has 0 atom stereocenters. The van der Waals surface area contributed by atoms with Crippen molar-refractivity contribution in [1.82, 2.24) is 4.57 Å². The maximum absolute atomic E-state index is 13.2. The lowest BCUT2D eigenvalue weighted by molar-refractivity contribution is 0.0998. The fourth-order valence-electron chi connectivity index (χ4n) is 3.36. The van der Waals surface area contributed by atoms with Gasteiger partial charge in [0.2, 0.25) is 0 Å². The number of nitrogens with zero attached hydrogens (tertiary/aromatic N) is 2. The fraction of sp³-hybridized carbons (Fsp3) is 0.120. The SMILES string of the molecule is C#CCn1c(=NC(=O)c2ccccc2NS(=O)(=O)c2ccccc2)sc2cc(C)c(C)cc21. The highest BCUT2D eigenvalue weighted by molar-refractivity contribution is 7.92. The van der Waals surface area contributed by atoms with Crippen molar-refractivity contribution in [3.05, 3.63) is 88.2 Å². The minimum Gasteiger partial charge on any atom is -0.305 e. The van der Waals surface area contributed by atoms with Gasteiger partial charge in [-0.1, -0.05) is 47.6 Å². The van der Waals surface area contributed by atoms with Gasteiger partial charge in [0.1, 0.15) is 0 Å². The van der Waals surface area contributed by atoms with E-state index in [0.29, 0.717) is 4.80 Å². The molecule has 6 nitrogen and oxygen atoms in total. The van der Waals surface area contributed by atoms with E-state index in [0.717, 1.165) is 21.3 Å². The Hall–Kier alpha value is -3.67. The van der Waals surface area contributed by atoms with Gasteiger partial charge in [0.25, 0.3) is 15.9 Å². The summed E-state index contributed by atoms with van der Waals surface area (Å²) in [5.41, 5.74) is 3.46. The molecule has 0 radical (unpaired) electrons. The standard InChI is InChI=1S/C25H21N3O3S2/c1-4-14-28-22-15-17(2)18(3)16-23(22)32-25(28)26-24(29)20-12-8-9-13-21(20)27-33(30,31)19-10-6-5-7-11-19/h1,5-13,15-16,27H,14H2,2-3H3. The van der Waals surface area contributed by atoms with Crippen molar-refractivity contribution in [2.75, 3.05) is 4.72 Å². The van der Waals surface area contributed by atoms with Gasteiger partial charge in [0.05, 0.1) is 32.9 Å². The molecule has 1 amide bonds. The van der Waals surface area contributed by atoms with Gasteiger partial charge in [0, 0.05) is 0 Å². The number of hydrogen-bond acceptors (Lipinski definition) is 4. The number of benzene rings is 3. The van der Waals surface area contributed by atoms with Gasteiger partial charge in [-0.15, -0.1) is 6.42 Å². The van der Waals surface area contributed by atoms with Gasteiger partial charge < -0.3 is 4.57 Å². The summed E-state index contributed by atoms with van der Waals surface area (Å²) in [6.07, 6.45) is 5.57. The average molecular weight is 476 g/mol. The first kappa shape index (κ1) is 22.5. The predicted octanol–water partition coefficient (Wildman–Crippen LogP) is 4.49. The van der Waals surface area contributed by atoms with Gasteiger partial charge in [-0.2, -0.15) is 4.99 Å². The van der Waals surface area contributed by atoms with Gasteiger partial charge in [-0.05, 0) is 61.4 Å². The van der Waals surface area contributed by atoms with Gasteiger partial charge in [0.15, 0.2) is 4.80 Å². The number of aromatic nitrogens is 1. The first-order valence-corrected chi connectivity index (χ1v) is 12.4. The molecule has 1 aromatic heterocycles. The van der Waals surface area contributed by atoms with Crippen LogP contribution in [-0.2, 0) is 16.6 Å². The van der Waals surface area contributed by atoms with Crippen LogP contribution in [0, 0.1) is 26.2 Å². The van der Waals surface area contributed by atoms with Crippen LogP contribution in [0.15, 0.2) is 76.6 Å². The number of nitrogens with one attached hydrogen (secondary N) is 1. The molecule has 3 aromatic carbocycles. The Labute approximate surface area is 196 Å². The summed E-state index contributed by atoms with van der Waals surface area (Å²) in [5.74, 6) is 2.05. The number of aryl methyl sites for hydroxylation is 2. The molecule has 0 unspecified atom stereocenters. The molecule has 0 aliphatic rings. The van der Waals surface area contributed by atoms with Crippen LogP contribution in [0.3, 0.4) is 0 Å². The van der Waals surface area contributed by atoms with Crippen LogP contribution in [0.4, 0.5) is 5.69 Å². The Kier molecular flexibility index (Phi) is 6.18. The van der Waals surface area contributed by atoms with Crippen molar-refractivity contribution < 1.29 is 13.2 Å². The van der Waals surface area contributed by atoms with E-state index < -0.39 is 15.9 Å². The summed E-state index contributed by atoms with van der Waals surface area (Å²) in [6.45, 7) is 4.30. The Morgan fingerprint density at radius 2 is 1.73 bits per heavy atom. The van der Waals surface area contributed by atoms with Crippen LogP contribution in [-0.4, -0.2) is 18.9 Å². The molecule has 0 bridgehead atoms. The van der Waals surface area contributed by atoms with E-state index >= 15 is 0 Å². The molecule has 0 saturated carbocycles. The molecular formula is C25H21N3O3S2. The highest BCUT2D eigenvalue weighted by atomic mass is 32.2. The number of terminal acetylenes is 1. The van der Waals surface area contributed by atoms with Crippen LogP contribution >= 0.6 is 11.3 Å². The number of fused-ring (bicyclic) bond motifs is 1. The molecule has 4 aromatic rings. The maximum Gasteiger partial charge on any atom is 0.281 e. The molecular weight excluding hydrogens is 454 g/mol. The van der Waals surface area contributed by atoms with Crippen molar-refractivity contribution in [2.45, 2.75) is 25.3 Å². The monoisotopic (exact) mass is 475 g/mol. The third-order valence-corrected chi connectivity index (χ3v) is 7.62. The van der Waals surface area contributed by atoms with Crippen molar-refractivity contribution >= 4 is 43.2 Å². The Bertz CT molecular complexity index is 1570. The number of hydrogen-bond donors (Lipinski definition) is 1. The maximum atomic E-state index is 13.2. The number of carbonyl (C=O) groups excluding carboxylic acids is 1. The van der Waals surface area contributed by atoms with Crippen molar-refractivity contribution in [1.29, 1.82) is 0 Å². The Morgan fingerprint density at radius 1 is 1.06 bits per heavy atom. The van der Waals surface area contributed by atoms with Gasteiger partial charge in [-0.25, -0.2) is 8.42 Å². The van der Waals surface area contributed by atoms with Crippen molar-refractivity contribution in [2.24, 2.45) is 4.99 Å². The second kappa shape index (κ2) is 9.06. The lowest BCUT2D eigenvalue weighted by Crippen LogP contribution is -2.18. The van der Waals surface area contributed by atoms with Gasteiger partial charge in [-0.3, -0.25) is 9.52 Å². The average Bonchev–Trinajstić information content (AvgIpc) is 3.11. The largest absolute Gasteiger partial charge is 0.305 e. The molecule has 1 N–H and O–H groups in total. The molecule has 0 fully saturated rings. The third-order valence-electron chi connectivity index (χ3n) is 5.20. The molecule has 166 valence electrons. The summed E-state index contributed by atoms with van der Waals surface area (Å²) < 4.78 is 30.9. The Balaban J connectivity index is 1.78. The summed E-state index contributed by atoms with van der Waals surface area (Å²) in [4.78, 5) is 18.0. The molecule has 4 rings (SSSR count). The van der Waals surface area contributed by atoms with Crippen LogP contribution < -0.4 is 9.52 Å². The van der Waals surface area contributed by atoms with E-state index in [1.165, 1.54) is 29.5 Å². The second-order valence-electron chi connectivity index (χ2n) is 7.46. The van der Waals surface area contributed by atoms with E-state index in [2.05, 4.69) is 15.6 Å². The normalized spacial score (nSPS) is 12.0. The van der Waals surface area contributed by atoms with E-state index in [-0.39, 0.29) is 22.7 Å². The van der Waals surface area contributed by atoms with Crippen LogP contribution in [0.5, 0.6) is 0 Å². The third kappa shape index (κ3) is 4.60. The zero-order valence-electron chi connectivity index (χ0n) is 18.1. The minimum atomic E-state index is -3.86. The van der Waals surface area contributed by atoms with Crippen molar-refractivity contribution in [3.8, 4) is 12.3 Å². The number of para-hydroxylation sites is 1. The number of rotatable bonds is 5. The van der Waals surface area contributed by atoms with E-state index in [4.69, 9.17) is 6.42 Å². The molecule has 1 heterocycles. The molecule has 0 saturated heterocycles. The highest BCUT2D eigenvalue weighted by Gasteiger charge is 2.18. The van der Waals surface area contributed by atoms with Crippen molar-refractivity contribution in [3.63, 3.8) is 0 Å². The molecule has 8 heteroatoms. The molecule has 0 aliphatic carbocycles. The first-order chi connectivity index (χ1) is 15.8. The van der Waals surface area contributed by atoms with E-state index in [1.54, 1.807) is 36.4 Å². The molecule has 0 aliphatic heterocycles. The quantitative estimate of drug-likeness (QED) is 0.432. The summed E-state index contributed by atoms with van der Waals surface area (Å²) in [5, 5.41) is 0. The summed E-state index contributed by atoms with van der Waals surface area (Å²) in [6, 6.07) is 18.5.